The molecule has 0 fully saturated rings. The van der Waals surface area contributed by atoms with E-state index in [9.17, 15) is 9.59 Å². The molecular weight excluding hydrogens is 268 g/mol. The van der Waals surface area contributed by atoms with Crippen molar-refractivity contribution in [1.82, 2.24) is 10.6 Å². The third-order valence-corrected chi connectivity index (χ3v) is 2.59. The van der Waals surface area contributed by atoms with Crippen LogP contribution in [0.3, 0.4) is 0 Å². The third-order valence-electron chi connectivity index (χ3n) is 2.59. The van der Waals surface area contributed by atoms with E-state index in [1.807, 2.05) is 25.1 Å². The van der Waals surface area contributed by atoms with Crippen LogP contribution in [0, 0.1) is 0 Å². The molecule has 0 aliphatic rings. The lowest BCUT2D eigenvalue weighted by Gasteiger charge is -2.25. The van der Waals surface area contributed by atoms with Gasteiger partial charge in [-0.1, -0.05) is 37.3 Å². The number of amides is 2. The summed E-state index contributed by atoms with van der Waals surface area (Å²) in [6, 6.07) is 7.87. The van der Waals surface area contributed by atoms with Crippen molar-refractivity contribution < 1.29 is 14.3 Å². The van der Waals surface area contributed by atoms with Gasteiger partial charge in [-0.2, -0.15) is 0 Å². The molecule has 1 aromatic rings. The van der Waals surface area contributed by atoms with Gasteiger partial charge in [0.2, 0.25) is 0 Å². The van der Waals surface area contributed by atoms with Crippen molar-refractivity contribution in [2.24, 2.45) is 0 Å². The summed E-state index contributed by atoms with van der Waals surface area (Å²) >= 11 is 0. The Labute approximate surface area is 126 Å². The molecule has 116 valence electrons. The van der Waals surface area contributed by atoms with Gasteiger partial charge in [-0.05, 0) is 32.8 Å². The molecule has 2 amide bonds. The second kappa shape index (κ2) is 7.67. The Morgan fingerprint density at radius 3 is 2.33 bits per heavy atom. The Kier molecular flexibility index (Phi) is 6.21. The number of rotatable bonds is 5. The van der Waals surface area contributed by atoms with Crippen LogP contribution < -0.4 is 10.6 Å². The normalized spacial score (nSPS) is 12.4. The third kappa shape index (κ3) is 6.29. The van der Waals surface area contributed by atoms with Crippen molar-refractivity contribution in [3.05, 3.63) is 35.9 Å². The van der Waals surface area contributed by atoms with Gasteiger partial charge in [0.1, 0.15) is 5.60 Å². The maximum atomic E-state index is 12.3. The number of ether oxygens (including phenoxy) is 1. The zero-order chi connectivity index (χ0) is 15.9. The lowest BCUT2D eigenvalue weighted by molar-refractivity contribution is -0.157. The van der Waals surface area contributed by atoms with E-state index in [1.165, 1.54) is 0 Å². The fourth-order valence-corrected chi connectivity index (χ4v) is 1.71. The highest BCUT2D eigenvalue weighted by Crippen LogP contribution is 2.18. The molecule has 1 aromatic carbocycles. The van der Waals surface area contributed by atoms with E-state index in [2.05, 4.69) is 10.6 Å². The molecule has 0 bridgehead atoms. The zero-order valence-electron chi connectivity index (χ0n) is 13.1. The highest BCUT2D eigenvalue weighted by Gasteiger charge is 2.27. The molecule has 1 atom stereocenters. The van der Waals surface area contributed by atoms with Gasteiger partial charge in [0, 0.05) is 6.54 Å². The average Bonchev–Trinajstić information content (AvgIpc) is 2.41. The summed E-state index contributed by atoms with van der Waals surface area (Å²) in [5.41, 5.74) is 0.0875. The van der Waals surface area contributed by atoms with E-state index in [0.717, 1.165) is 6.42 Å². The predicted octanol–water partition coefficient (Wildman–Crippen LogP) is 2.78. The summed E-state index contributed by atoms with van der Waals surface area (Å²) in [5.74, 6) is -0.472. The molecule has 0 saturated heterocycles. The number of benzene rings is 1. The van der Waals surface area contributed by atoms with E-state index < -0.39 is 17.6 Å². The first-order valence-corrected chi connectivity index (χ1v) is 7.15. The summed E-state index contributed by atoms with van der Waals surface area (Å²) in [4.78, 5) is 24.1. The van der Waals surface area contributed by atoms with E-state index in [0.29, 0.717) is 12.1 Å². The number of nitrogens with one attached hydrogen (secondary N) is 2. The molecule has 0 saturated carbocycles. The standard InChI is InChI=1S/C16H24N2O3/c1-5-11-17-15(20)18-13(12-9-7-6-8-10-12)14(19)21-16(2,3)4/h6-10,13H,5,11H2,1-4H3,(H2,17,18,20)/t13-/m0/s1. The first-order chi connectivity index (χ1) is 9.83. The van der Waals surface area contributed by atoms with Crippen LogP contribution in [0.1, 0.15) is 45.7 Å². The Morgan fingerprint density at radius 2 is 1.81 bits per heavy atom. The summed E-state index contributed by atoms with van der Waals surface area (Å²) in [5, 5.41) is 5.36. The maximum Gasteiger partial charge on any atom is 0.333 e. The summed E-state index contributed by atoms with van der Waals surface area (Å²) < 4.78 is 5.38. The molecule has 0 radical (unpaired) electrons. The first-order valence-electron chi connectivity index (χ1n) is 7.15. The largest absolute Gasteiger partial charge is 0.458 e. The number of carbonyl (C=O) groups excluding carboxylic acids is 2. The fraction of sp³-hybridized carbons (Fsp3) is 0.500. The number of esters is 1. The van der Waals surface area contributed by atoms with Gasteiger partial charge in [0.25, 0.3) is 0 Å². The molecule has 0 aliphatic carbocycles. The van der Waals surface area contributed by atoms with Gasteiger partial charge in [-0.25, -0.2) is 9.59 Å². The van der Waals surface area contributed by atoms with Gasteiger partial charge in [0.05, 0.1) is 0 Å². The lowest BCUT2D eigenvalue weighted by Crippen LogP contribution is -2.43. The monoisotopic (exact) mass is 292 g/mol. The molecule has 0 spiro atoms. The maximum absolute atomic E-state index is 12.3. The zero-order valence-corrected chi connectivity index (χ0v) is 13.1. The molecule has 21 heavy (non-hydrogen) atoms. The van der Waals surface area contributed by atoms with Crippen LogP contribution in [-0.2, 0) is 9.53 Å². The van der Waals surface area contributed by atoms with Gasteiger partial charge >= 0.3 is 12.0 Å². The van der Waals surface area contributed by atoms with Crippen molar-refractivity contribution in [2.45, 2.75) is 45.8 Å². The Bertz CT molecular complexity index is 466. The minimum atomic E-state index is -0.817. The fourth-order valence-electron chi connectivity index (χ4n) is 1.71. The van der Waals surface area contributed by atoms with Crippen molar-refractivity contribution in [3.8, 4) is 0 Å². The molecule has 0 aliphatic heterocycles. The van der Waals surface area contributed by atoms with E-state index in [-0.39, 0.29) is 6.03 Å². The summed E-state index contributed by atoms with van der Waals surface area (Å²) in [6.45, 7) is 7.91. The quantitative estimate of drug-likeness (QED) is 0.820. The van der Waals surface area contributed by atoms with Crippen LogP contribution >= 0.6 is 0 Å². The first kappa shape index (κ1) is 17.0. The second-order valence-corrected chi connectivity index (χ2v) is 5.78. The molecule has 0 unspecified atom stereocenters. The molecule has 5 heteroatoms. The van der Waals surface area contributed by atoms with Crippen molar-refractivity contribution >= 4 is 12.0 Å². The van der Waals surface area contributed by atoms with Crippen LogP contribution in [-0.4, -0.2) is 24.1 Å². The minimum Gasteiger partial charge on any atom is -0.458 e. The number of urea groups is 1. The summed E-state index contributed by atoms with van der Waals surface area (Å²) in [7, 11) is 0. The molecule has 5 nitrogen and oxygen atoms in total. The topological polar surface area (TPSA) is 67.4 Å². The van der Waals surface area contributed by atoms with Crippen LogP contribution in [0.25, 0.3) is 0 Å². The molecular formula is C16H24N2O3. The van der Waals surface area contributed by atoms with Gasteiger partial charge in [-0.15, -0.1) is 0 Å². The van der Waals surface area contributed by atoms with Gasteiger partial charge in [-0.3, -0.25) is 0 Å². The second-order valence-electron chi connectivity index (χ2n) is 5.78. The van der Waals surface area contributed by atoms with Crippen molar-refractivity contribution in [2.75, 3.05) is 6.54 Å². The van der Waals surface area contributed by atoms with Crippen LogP contribution in [0.4, 0.5) is 4.79 Å². The number of carbonyl (C=O) groups is 2. The SMILES string of the molecule is CCCNC(=O)N[C@H](C(=O)OC(C)(C)C)c1ccccc1. The summed E-state index contributed by atoms with van der Waals surface area (Å²) in [6.07, 6.45) is 0.829. The van der Waals surface area contributed by atoms with Crippen molar-refractivity contribution in [1.29, 1.82) is 0 Å². The Hall–Kier alpha value is -2.04. The molecule has 0 aromatic heterocycles. The van der Waals surface area contributed by atoms with E-state index >= 15 is 0 Å². The molecule has 1 rings (SSSR count). The molecule has 2 N–H and O–H groups in total. The Morgan fingerprint density at radius 1 is 1.19 bits per heavy atom. The predicted molar refractivity (Wildman–Crippen MR) is 81.9 cm³/mol. The number of hydrogen-bond donors (Lipinski definition) is 2. The highest BCUT2D eigenvalue weighted by atomic mass is 16.6. The smallest absolute Gasteiger partial charge is 0.333 e. The van der Waals surface area contributed by atoms with E-state index in [1.54, 1.807) is 32.9 Å². The van der Waals surface area contributed by atoms with Crippen LogP contribution in [0.2, 0.25) is 0 Å². The van der Waals surface area contributed by atoms with Gasteiger partial charge in [0.15, 0.2) is 6.04 Å². The highest BCUT2D eigenvalue weighted by molar-refractivity contribution is 5.84. The van der Waals surface area contributed by atoms with E-state index in [4.69, 9.17) is 4.74 Å². The number of hydrogen-bond acceptors (Lipinski definition) is 3. The average molecular weight is 292 g/mol. The van der Waals surface area contributed by atoms with Gasteiger partial charge < -0.3 is 15.4 Å². The molecule has 0 heterocycles. The van der Waals surface area contributed by atoms with Crippen molar-refractivity contribution in [3.63, 3.8) is 0 Å². The lowest BCUT2D eigenvalue weighted by atomic mass is 10.1. The minimum absolute atomic E-state index is 0.378. The Balaban J connectivity index is 2.85. The van der Waals surface area contributed by atoms with Crippen LogP contribution in [0.5, 0.6) is 0 Å². The van der Waals surface area contributed by atoms with Crippen LogP contribution in [0.15, 0.2) is 30.3 Å².